The van der Waals surface area contributed by atoms with E-state index in [-0.39, 0.29) is 44.8 Å². The number of rotatable bonds is 8. The van der Waals surface area contributed by atoms with Gasteiger partial charge in [-0.25, -0.2) is 4.39 Å². The number of aryl methyl sites for hydroxylation is 1. The van der Waals surface area contributed by atoms with Gasteiger partial charge in [-0.15, -0.1) is 0 Å². The maximum absolute atomic E-state index is 14.2. The molecule has 3 aromatic carbocycles. The molecule has 0 radical (unpaired) electrons. The van der Waals surface area contributed by atoms with Crippen LogP contribution in [0.25, 0.3) is 6.08 Å². The zero-order valence-electron chi connectivity index (χ0n) is 20.2. The van der Waals surface area contributed by atoms with E-state index < -0.39 is 36.9 Å². The number of carbonyl (C=O) groups is 2. The summed E-state index contributed by atoms with van der Waals surface area (Å²) < 4.78 is 50.2. The fraction of sp³-hybridized carbons (Fsp3) is 0.120. The van der Waals surface area contributed by atoms with Crippen molar-refractivity contribution in [2.45, 2.75) is 18.4 Å². The molecule has 1 aliphatic heterocycles. The number of benzene rings is 3. The minimum atomic E-state index is -4.46. The summed E-state index contributed by atoms with van der Waals surface area (Å²) in [6.45, 7) is 1.12. The summed E-state index contributed by atoms with van der Waals surface area (Å²) in [6.07, 6.45) is 1.39. The van der Waals surface area contributed by atoms with E-state index in [1.165, 1.54) is 68.6 Å². The number of methoxy groups -OCH3 is 1. The van der Waals surface area contributed by atoms with Gasteiger partial charge in [-0.1, -0.05) is 29.8 Å². The molecule has 3 aromatic rings. The highest BCUT2D eigenvalue weighted by molar-refractivity contribution is 8.18. The van der Waals surface area contributed by atoms with Crippen LogP contribution in [0, 0.1) is 22.9 Å². The monoisotopic (exact) mass is 592 g/mol. The number of hydrogen-bond donors (Lipinski definition) is 0. The van der Waals surface area contributed by atoms with Crippen LogP contribution >= 0.6 is 23.4 Å². The molecule has 0 aromatic heterocycles. The molecule has 0 unspecified atom stereocenters. The summed E-state index contributed by atoms with van der Waals surface area (Å²) in [5.74, 6) is -1.54. The first kappa shape index (κ1) is 28.1. The lowest BCUT2D eigenvalue weighted by molar-refractivity contribution is -0.385. The zero-order valence-corrected chi connectivity index (χ0v) is 22.6. The average molecular weight is 593 g/mol. The lowest BCUT2D eigenvalue weighted by Gasteiger charge is -2.14. The number of nitro benzene ring substituents is 1. The predicted octanol–water partition coefficient (Wildman–Crippen LogP) is 5.71. The van der Waals surface area contributed by atoms with Gasteiger partial charge < -0.3 is 8.92 Å². The van der Waals surface area contributed by atoms with Crippen molar-refractivity contribution >= 4 is 56.4 Å². The van der Waals surface area contributed by atoms with Crippen LogP contribution in [0.3, 0.4) is 0 Å². The fourth-order valence-corrected chi connectivity index (χ4v) is 5.60. The first-order valence-corrected chi connectivity index (χ1v) is 13.6. The summed E-state index contributed by atoms with van der Waals surface area (Å²) in [5.41, 5.74) is 0.276. The van der Waals surface area contributed by atoms with Gasteiger partial charge in [0.05, 0.1) is 23.5 Å². The number of hydrogen-bond acceptors (Lipinski definition) is 9. The average Bonchev–Trinajstić information content (AvgIpc) is 3.13. The number of thioether (sulfide) groups is 1. The first-order chi connectivity index (χ1) is 18.4. The largest absolute Gasteiger partial charge is 0.493 e. The molecule has 4 rings (SSSR count). The molecule has 1 fully saturated rings. The highest BCUT2D eigenvalue weighted by Gasteiger charge is 2.36. The summed E-state index contributed by atoms with van der Waals surface area (Å²) in [6, 6.07) is 11.5. The van der Waals surface area contributed by atoms with Gasteiger partial charge >= 0.3 is 10.1 Å². The second-order valence-electron chi connectivity index (χ2n) is 8.12. The Labute approximate surface area is 231 Å². The number of carbonyl (C=O) groups excluding carboxylic acids is 2. The Hall–Kier alpha value is -3.94. The first-order valence-electron chi connectivity index (χ1n) is 11.0. The molecular formula is C25H18ClFN2O8S2. The normalized spacial score (nSPS) is 14.7. The molecule has 0 aliphatic carbocycles. The van der Waals surface area contributed by atoms with E-state index in [4.69, 9.17) is 20.5 Å². The van der Waals surface area contributed by atoms with Crippen LogP contribution in [0.2, 0.25) is 5.02 Å². The van der Waals surface area contributed by atoms with Crippen molar-refractivity contribution in [2.75, 3.05) is 7.11 Å². The molecule has 1 aliphatic rings. The highest BCUT2D eigenvalue weighted by Crippen LogP contribution is 2.37. The number of imide groups is 1. The van der Waals surface area contributed by atoms with Crippen molar-refractivity contribution in [3.05, 3.63) is 97.1 Å². The molecule has 1 saturated heterocycles. The van der Waals surface area contributed by atoms with Crippen LogP contribution in [-0.4, -0.2) is 36.5 Å². The van der Waals surface area contributed by atoms with Gasteiger partial charge in [0.25, 0.3) is 16.8 Å². The van der Waals surface area contributed by atoms with Crippen LogP contribution in [-0.2, 0) is 21.5 Å². The van der Waals surface area contributed by atoms with E-state index in [2.05, 4.69) is 0 Å². The molecule has 0 N–H and O–H groups in total. The molecule has 0 saturated carbocycles. The summed E-state index contributed by atoms with van der Waals surface area (Å²) >= 11 is 6.67. The van der Waals surface area contributed by atoms with Crippen molar-refractivity contribution in [2.24, 2.45) is 0 Å². The highest BCUT2D eigenvalue weighted by atomic mass is 35.5. The molecule has 39 heavy (non-hydrogen) atoms. The van der Waals surface area contributed by atoms with E-state index in [0.717, 1.165) is 11.0 Å². The van der Waals surface area contributed by atoms with Crippen LogP contribution in [0.1, 0.15) is 16.7 Å². The van der Waals surface area contributed by atoms with Gasteiger partial charge in [-0.2, -0.15) is 8.42 Å². The molecule has 0 spiro atoms. The smallest absolute Gasteiger partial charge is 0.339 e. The summed E-state index contributed by atoms with van der Waals surface area (Å²) in [4.78, 5) is 36.3. The Balaban J connectivity index is 1.58. The van der Waals surface area contributed by atoms with Crippen LogP contribution in [0.15, 0.2) is 64.4 Å². The SMILES string of the molecule is COc1cc(/C=C2\SC(=O)N(Cc3c(F)cccc3Cl)C2=O)ccc1OS(=O)(=O)c1ccc(C)c([N+](=O)[O-])c1. The third-order valence-corrected chi connectivity index (χ3v) is 8.09. The van der Waals surface area contributed by atoms with E-state index in [1.54, 1.807) is 0 Å². The number of halogens is 2. The van der Waals surface area contributed by atoms with Crippen LogP contribution in [0.5, 0.6) is 11.5 Å². The Kier molecular flexibility index (Phi) is 7.95. The molecular weight excluding hydrogens is 575 g/mol. The van der Waals surface area contributed by atoms with E-state index >= 15 is 0 Å². The Bertz CT molecular complexity index is 1640. The maximum Gasteiger partial charge on any atom is 0.339 e. The third-order valence-electron chi connectivity index (χ3n) is 5.60. The molecule has 2 amide bonds. The second-order valence-corrected chi connectivity index (χ2v) is 11.1. The van der Waals surface area contributed by atoms with Gasteiger partial charge in [-0.3, -0.25) is 24.6 Å². The minimum absolute atomic E-state index is 0.00556. The van der Waals surface area contributed by atoms with Gasteiger partial charge in [0, 0.05) is 22.2 Å². The van der Waals surface area contributed by atoms with Crippen LogP contribution < -0.4 is 8.92 Å². The van der Waals surface area contributed by atoms with E-state index in [1.807, 2.05) is 0 Å². The number of amides is 2. The maximum atomic E-state index is 14.2. The molecule has 10 nitrogen and oxygen atoms in total. The standard InChI is InChI=1S/C25H18ClFN2O8S2/c1-14-6-8-16(12-20(14)29(32)33)39(34,35)37-21-9-7-15(10-22(21)36-2)11-23-24(30)28(25(31)38-23)13-17-18(26)4-3-5-19(17)27/h3-12H,13H2,1-2H3/b23-11-. The topological polar surface area (TPSA) is 133 Å². The van der Waals surface area contributed by atoms with Crippen molar-refractivity contribution < 1.29 is 36.2 Å². The molecule has 1 heterocycles. The Morgan fingerprint density at radius 1 is 1.13 bits per heavy atom. The van der Waals surface area contributed by atoms with Gasteiger partial charge in [0.15, 0.2) is 11.5 Å². The fourth-order valence-electron chi connectivity index (χ4n) is 3.58. The summed E-state index contributed by atoms with van der Waals surface area (Å²) in [5, 5.41) is 10.7. The lowest BCUT2D eigenvalue weighted by Crippen LogP contribution is -2.28. The van der Waals surface area contributed by atoms with Crippen molar-refractivity contribution in [1.82, 2.24) is 4.90 Å². The van der Waals surface area contributed by atoms with Crippen molar-refractivity contribution in [3.63, 3.8) is 0 Å². The van der Waals surface area contributed by atoms with E-state index in [9.17, 15) is 32.5 Å². The third kappa shape index (κ3) is 5.90. The summed E-state index contributed by atoms with van der Waals surface area (Å²) in [7, 11) is -3.20. The number of nitrogens with zero attached hydrogens (tertiary/aromatic N) is 2. The molecule has 14 heteroatoms. The van der Waals surface area contributed by atoms with Gasteiger partial charge in [0.2, 0.25) is 0 Å². The molecule has 0 atom stereocenters. The zero-order chi connectivity index (χ0) is 28.5. The second kappa shape index (κ2) is 11.0. The molecule has 202 valence electrons. The lowest BCUT2D eigenvalue weighted by atomic mass is 10.1. The minimum Gasteiger partial charge on any atom is -0.493 e. The van der Waals surface area contributed by atoms with Gasteiger partial charge in [0.1, 0.15) is 10.7 Å². The Morgan fingerprint density at radius 3 is 2.54 bits per heavy atom. The van der Waals surface area contributed by atoms with Crippen molar-refractivity contribution in [1.29, 1.82) is 0 Å². The Morgan fingerprint density at radius 2 is 1.87 bits per heavy atom. The predicted molar refractivity (Wildman–Crippen MR) is 142 cm³/mol. The van der Waals surface area contributed by atoms with Crippen molar-refractivity contribution in [3.8, 4) is 11.5 Å². The quantitative estimate of drug-likeness (QED) is 0.140. The molecule has 0 bridgehead atoms. The van der Waals surface area contributed by atoms with Gasteiger partial charge in [-0.05, 0) is 60.7 Å². The van der Waals surface area contributed by atoms with Crippen LogP contribution in [0.4, 0.5) is 14.9 Å². The van der Waals surface area contributed by atoms with E-state index in [0.29, 0.717) is 17.3 Å². The number of nitro groups is 1. The number of ether oxygens (including phenoxy) is 1.